The van der Waals surface area contributed by atoms with Gasteiger partial charge in [-0.3, -0.25) is 0 Å². The first-order valence-electron chi connectivity index (χ1n) is 6.83. The lowest BCUT2D eigenvalue weighted by Gasteiger charge is -1.97. The van der Waals surface area contributed by atoms with Gasteiger partial charge in [-0.15, -0.1) is 11.3 Å². The molecule has 0 N–H and O–H groups in total. The van der Waals surface area contributed by atoms with Gasteiger partial charge < -0.3 is 9.26 Å². The van der Waals surface area contributed by atoms with Crippen LogP contribution in [0.1, 0.15) is 18.2 Å². The van der Waals surface area contributed by atoms with Gasteiger partial charge in [0.2, 0.25) is 0 Å². The Balaban J connectivity index is 1.61. The van der Waals surface area contributed by atoms with Crippen LogP contribution in [0.15, 0.2) is 40.2 Å². The van der Waals surface area contributed by atoms with Crippen LogP contribution in [-0.4, -0.2) is 28.3 Å². The van der Waals surface area contributed by atoms with Gasteiger partial charge in [-0.1, -0.05) is 35.5 Å². The van der Waals surface area contributed by atoms with Crippen molar-refractivity contribution >= 4 is 11.3 Å². The lowest BCUT2D eigenvalue weighted by molar-refractivity contribution is 0.192. The van der Waals surface area contributed by atoms with E-state index in [4.69, 9.17) is 9.26 Å². The van der Waals surface area contributed by atoms with Crippen molar-refractivity contribution in [2.45, 2.75) is 12.3 Å². The normalized spacial score (nSPS) is 18.2. The maximum Gasteiger partial charge on any atom is 0.286 e. The van der Waals surface area contributed by atoms with Crippen LogP contribution in [-0.2, 0) is 4.74 Å². The summed E-state index contributed by atoms with van der Waals surface area (Å²) in [6.07, 6.45) is 0.951. The third kappa shape index (κ3) is 2.48. The van der Waals surface area contributed by atoms with Crippen molar-refractivity contribution in [3.8, 4) is 22.2 Å². The Hall–Kier alpha value is -2.05. The van der Waals surface area contributed by atoms with Crippen LogP contribution >= 0.6 is 11.3 Å². The molecule has 6 heteroatoms. The van der Waals surface area contributed by atoms with E-state index in [-0.39, 0.29) is 5.92 Å². The number of rotatable bonds is 3. The van der Waals surface area contributed by atoms with Crippen LogP contribution in [0.5, 0.6) is 0 Å². The molecule has 0 spiro atoms. The summed E-state index contributed by atoms with van der Waals surface area (Å²) in [7, 11) is 0. The molecule has 106 valence electrons. The van der Waals surface area contributed by atoms with Crippen molar-refractivity contribution in [2.24, 2.45) is 0 Å². The third-order valence-electron chi connectivity index (χ3n) is 3.49. The molecule has 1 atom stereocenters. The SMILES string of the molecule is c1ccc(-c2csc(-c3nc(C4CCOC4)no3)n2)cc1. The van der Waals surface area contributed by atoms with Gasteiger partial charge in [0, 0.05) is 23.5 Å². The molecular formula is C15H13N3O2S. The third-order valence-corrected chi connectivity index (χ3v) is 4.32. The number of thiazole rings is 1. The van der Waals surface area contributed by atoms with E-state index in [0.29, 0.717) is 12.5 Å². The van der Waals surface area contributed by atoms with Crippen molar-refractivity contribution in [1.29, 1.82) is 0 Å². The predicted molar refractivity (Wildman–Crippen MR) is 79.0 cm³/mol. The zero-order chi connectivity index (χ0) is 14.1. The van der Waals surface area contributed by atoms with E-state index in [1.165, 1.54) is 11.3 Å². The van der Waals surface area contributed by atoms with Crippen molar-refractivity contribution in [3.05, 3.63) is 41.5 Å². The monoisotopic (exact) mass is 299 g/mol. The Morgan fingerprint density at radius 1 is 1.14 bits per heavy atom. The van der Waals surface area contributed by atoms with Gasteiger partial charge in [0.15, 0.2) is 10.8 Å². The molecule has 0 bridgehead atoms. The zero-order valence-electron chi connectivity index (χ0n) is 11.2. The minimum Gasteiger partial charge on any atom is -0.381 e. The van der Waals surface area contributed by atoms with Gasteiger partial charge in [-0.2, -0.15) is 4.98 Å². The van der Waals surface area contributed by atoms with Crippen molar-refractivity contribution < 1.29 is 9.26 Å². The molecule has 1 unspecified atom stereocenters. The number of hydrogen-bond acceptors (Lipinski definition) is 6. The maximum absolute atomic E-state index is 5.35. The number of benzene rings is 1. The van der Waals surface area contributed by atoms with E-state index in [0.717, 1.165) is 35.1 Å². The van der Waals surface area contributed by atoms with Gasteiger partial charge in [-0.05, 0) is 6.42 Å². The quantitative estimate of drug-likeness (QED) is 0.742. The summed E-state index contributed by atoms with van der Waals surface area (Å²) >= 11 is 1.51. The highest BCUT2D eigenvalue weighted by Crippen LogP contribution is 2.30. The molecule has 3 aromatic rings. The van der Waals surface area contributed by atoms with Crippen molar-refractivity contribution in [2.75, 3.05) is 13.2 Å². The molecule has 3 heterocycles. The highest BCUT2D eigenvalue weighted by atomic mass is 32.1. The Morgan fingerprint density at radius 2 is 2.05 bits per heavy atom. The first kappa shape index (κ1) is 12.7. The molecular weight excluding hydrogens is 286 g/mol. The van der Waals surface area contributed by atoms with Crippen LogP contribution < -0.4 is 0 Å². The van der Waals surface area contributed by atoms with Gasteiger partial charge >= 0.3 is 0 Å². The summed E-state index contributed by atoms with van der Waals surface area (Å²) in [4.78, 5) is 9.04. The minimum atomic E-state index is 0.246. The molecule has 0 saturated carbocycles. The van der Waals surface area contributed by atoms with Crippen LogP contribution in [0.4, 0.5) is 0 Å². The van der Waals surface area contributed by atoms with E-state index in [1.807, 2.05) is 35.7 Å². The average molecular weight is 299 g/mol. The molecule has 1 aliphatic heterocycles. The Kier molecular flexibility index (Phi) is 3.25. The number of hydrogen-bond donors (Lipinski definition) is 0. The number of ether oxygens (including phenoxy) is 1. The summed E-state index contributed by atoms with van der Waals surface area (Å²) in [6, 6.07) is 10.1. The van der Waals surface area contributed by atoms with Crippen LogP contribution in [0.3, 0.4) is 0 Å². The smallest absolute Gasteiger partial charge is 0.286 e. The van der Waals surface area contributed by atoms with E-state index < -0.39 is 0 Å². The fourth-order valence-electron chi connectivity index (χ4n) is 2.34. The summed E-state index contributed by atoms with van der Waals surface area (Å²) in [5.41, 5.74) is 2.02. The van der Waals surface area contributed by atoms with E-state index >= 15 is 0 Å². The maximum atomic E-state index is 5.35. The molecule has 4 rings (SSSR count). The molecule has 5 nitrogen and oxygen atoms in total. The van der Waals surface area contributed by atoms with E-state index in [9.17, 15) is 0 Å². The molecule has 21 heavy (non-hydrogen) atoms. The van der Waals surface area contributed by atoms with E-state index in [1.54, 1.807) is 0 Å². The van der Waals surface area contributed by atoms with Crippen LogP contribution in [0.2, 0.25) is 0 Å². The highest BCUT2D eigenvalue weighted by molar-refractivity contribution is 7.13. The zero-order valence-corrected chi connectivity index (χ0v) is 12.0. The first-order valence-corrected chi connectivity index (χ1v) is 7.71. The van der Waals surface area contributed by atoms with Crippen molar-refractivity contribution in [3.63, 3.8) is 0 Å². The summed E-state index contributed by atoms with van der Waals surface area (Å²) < 4.78 is 10.7. The fraction of sp³-hybridized carbons (Fsp3) is 0.267. The minimum absolute atomic E-state index is 0.246. The molecule has 1 saturated heterocycles. The van der Waals surface area contributed by atoms with Crippen LogP contribution in [0, 0.1) is 0 Å². The largest absolute Gasteiger partial charge is 0.381 e. The molecule has 0 amide bonds. The van der Waals surface area contributed by atoms with Gasteiger partial charge in [0.25, 0.3) is 5.89 Å². The summed E-state index contributed by atoms with van der Waals surface area (Å²) in [6.45, 7) is 1.44. The Bertz CT molecular complexity index is 732. The topological polar surface area (TPSA) is 61.0 Å². The summed E-state index contributed by atoms with van der Waals surface area (Å²) in [5, 5.41) is 6.82. The first-order chi connectivity index (χ1) is 10.4. The number of nitrogens with zero attached hydrogens (tertiary/aromatic N) is 3. The molecule has 2 aromatic heterocycles. The Labute approximate surface area is 125 Å². The standard InChI is InChI=1S/C15H13N3O2S/c1-2-4-10(5-3-1)12-9-21-15(16-12)14-17-13(18-20-14)11-6-7-19-8-11/h1-5,9,11H,6-8H2. The fourth-order valence-corrected chi connectivity index (χ4v) is 3.09. The molecule has 0 radical (unpaired) electrons. The Morgan fingerprint density at radius 3 is 2.86 bits per heavy atom. The van der Waals surface area contributed by atoms with E-state index in [2.05, 4.69) is 15.1 Å². The molecule has 1 aliphatic rings. The molecule has 1 aromatic carbocycles. The number of aromatic nitrogens is 3. The van der Waals surface area contributed by atoms with Crippen LogP contribution in [0.25, 0.3) is 22.2 Å². The van der Waals surface area contributed by atoms with Gasteiger partial charge in [0.05, 0.1) is 12.3 Å². The second-order valence-corrected chi connectivity index (χ2v) is 5.78. The lowest BCUT2D eigenvalue weighted by atomic mass is 10.1. The lowest BCUT2D eigenvalue weighted by Crippen LogP contribution is -1.99. The van der Waals surface area contributed by atoms with Crippen molar-refractivity contribution in [1.82, 2.24) is 15.1 Å². The van der Waals surface area contributed by atoms with Gasteiger partial charge in [-0.25, -0.2) is 4.98 Å². The second-order valence-electron chi connectivity index (χ2n) is 4.92. The average Bonchev–Trinajstić information content (AvgIpc) is 3.27. The second kappa shape index (κ2) is 5.38. The summed E-state index contributed by atoms with van der Waals surface area (Å²) in [5.74, 6) is 1.46. The molecule has 1 fully saturated rings. The predicted octanol–water partition coefficient (Wildman–Crippen LogP) is 3.36. The molecule has 0 aliphatic carbocycles. The highest BCUT2D eigenvalue weighted by Gasteiger charge is 2.24. The van der Waals surface area contributed by atoms with Gasteiger partial charge in [0.1, 0.15) is 0 Å².